The second kappa shape index (κ2) is 5.39. The Balaban J connectivity index is 1.88. The molecule has 3 N–H and O–H groups in total. The molecule has 0 radical (unpaired) electrons. The van der Waals surface area contributed by atoms with Crippen LogP contribution < -0.4 is 11.1 Å². The molecule has 0 saturated carbocycles. The third-order valence-corrected chi connectivity index (χ3v) is 3.18. The van der Waals surface area contributed by atoms with Crippen molar-refractivity contribution in [1.29, 1.82) is 0 Å². The first kappa shape index (κ1) is 12.9. The maximum atomic E-state index is 12.0. The molecule has 1 amide bonds. The van der Waals surface area contributed by atoms with Gasteiger partial charge in [0.25, 0.3) is 5.91 Å². The number of nitrogens with one attached hydrogen (secondary N) is 1. The predicted molar refractivity (Wildman–Crippen MR) is 70.2 cm³/mol. The number of aryl methyl sites for hydroxylation is 1. The maximum Gasteiger partial charge on any atom is 0.274 e. The SMILES string of the molecule is CC(CN1CCCC1)NC(=O)c1nn(C)cc1N. The van der Waals surface area contributed by atoms with Crippen LogP contribution in [0.3, 0.4) is 0 Å². The fourth-order valence-corrected chi connectivity index (χ4v) is 2.37. The molecule has 0 aromatic carbocycles. The van der Waals surface area contributed by atoms with Gasteiger partial charge in [-0.05, 0) is 32.9 Å². The van der Waals surface area contributed by atoms with Crippen molar-refractivity contribution in [1.82, 2.24) is 20.0 Å². The summed E-state index contributed by atoms with van der Waals surface area (Å²) in [5.41, 5.74) is 6.46. The molecule has 1 unspecified atom stereocenters. The van der Waals surface area contributed by atoms with Gasteiger partial charge < -0.3 is 16.0 Å². The van der Waals surface area contributed by atoms with Crippen LogP contribution in [0.1, 0.15) is 30.3 Å². The highest BCUT2D eigenvalue weighted by Gasteiger charge is 2.19. The van der Waals surface area contributed by atoms with Crippen molar-refractivity contribution in [3.63, 3.8) is 0 Å². The number of likely N-dealkylation sites (tertiary alicyclic amines) is 1. The smallest absolute Gasteiger partial charge is 0.274 e. The van der Waals surface area contributed by atoms with Crippen LogP contribution >= 0.6 is 0 Å². The van der Waals surface area contributed by atoms with Gasteiger partial charge in [0, 0.05) is 25.8 Å². The number of nitrogens with zero attached hydrogens (tertiary/aromatic N) is 3. The fourth-order valence-electron chi connectivity index (χ4n) is 2.37. The molecular weight excluding hydrogens is 230 g/mol. The summed E-state index contributed by atoms with van der Waals surface area (Å²) < 4.78 is 1.55. The number of nitrogen functional groups attached to an aromatic ring is 1. The first-order chi connectivity index (χ1) is 8.56. The third-order valence-electron chi connectivity index (χ3n) is 3.18. The van der Waals surface area contributed by atoms with Crippen molar-refractivity contribution in [2.75, 3.05) is 25.4 Å². The minimum absolute atomic E-state index is 0.108. The van der Waals surface area contributed by atoms with E-state index in [2.05, 4.69) is 15.3 Å². The van der Waals surface area contributed by atoms with Crippen molar-refractivity contribution >= 4 is 11.6 Å². The van der Waals surface area contributed by atoms with E-state index < -0.39 is 0 Å². The van der Waals surface area contributed by atoms with Crippen molar-refractivity contribution in [3.05, 3.63) is 11.9 Å². The lowest BCUT2D eigenvalue weighted by atomic mass is 10.2. The van der Waals surface area contributed by atoms with E-state index in [4.69, 9.17) is 5.73 Å². The average Bonchev–Trinajstić information content (AvgIpc) is 2.88. The van der Waals surface area contributed by atoms with Crippen molar-refractivity contribution in [2.45, 2.75) is 25.8 Å². The van der Waals surface area contributed by atoms with Gasteiger partial charge in [-0.2, -0.15) is 5.10 Å². The number of hydrogen-bond donors (Lipinski definition) is 2. The molecule has 1 aliphatic rings. The molecule has 1 atom stereocenters. The summed E-state index contributed by atoms with van der Waals surface area (Å²) >= 11 is 0. The molecule has 1 aromatic heterocycles. The summed E-state index contributed by atoms with van der Waals surface area (Å²) in [7, 11) is 1.75. The number of nitrogens with two attached hydrogens (primary N) is 1. The Morgan fingerprint density at radius 3 is 2.78 bits per heavy atom. The van der Waals surface area contributed by atoms with Gasteiger partial charge in [-0.25, -0.2) is 0 Å². The van der Waals surface area contributed by atoms with Gasteiger partial charge in [0.15, 0.2) is 5.69 Å². The third kappa shape index (κ3) is 3.01. The van der Waals surface area contributed by atoms with Crippen LogP contribution in [0.5, 0.6) is 0 Å². The summed E-state index contributed by atoms with van der Waals surface area (Å²) in [6.07, 6.45) is 4.15. The zero-order valence-electron chi connectivity index (χ0n) is 11.0. The largest absolute Gasteiger partial charge is 0.396 e. The molecule has 18 heavy (non-hydrogen) atoms. The van der Waals surface area contributed by atoms with Crippen LogP contribution in [0.4, 0.5) is 5.69 Å². The van der Waals surface area contributed by atoms with Gasteiger partial charge in [-0.1, -0.05) is 0 Å². The average molecular weight is 251 g/mol. The zero-order valence-corrected chi connectivity index (χ0v) is 11.0. The summed E-state index contributed by atoms with van der Waals surface area (Å²) in [4.78, 5) is 14.3. The van der Waals surface area contributed by atoms with E-state index in [1.54, 1.807) is 17.9 Å². The fraction of sp³-hybridized carbons (Fsp3) is 0.667. The van der Waals surface area contributed by atoms with Crippen molar-refractivity contribution in [2.24, 2.45) is 7.05 Å². The van der Waals surface area contributed by atoms with E-state index in [9.17, 15) is 4.79 Å². The highest BCUT2D eigenvalue weighted by atomic mass is 16.2. The van der Waals surface area contributed by atoms with Crippen LogP contribution in [0.2, 0.25) is 0 Å². The summed E-state index contributed by atoms with van der Waals surface area (Å²) in [5.74, 6) is -0.195. The van der Waals surface area contributed by atoms with E-state index in [-0.39, 0.29) is 11.9 Å². The first-order valence-electron chi connectivity index (χ1n) is 6.38. The summed E-state index contributed by atoms with van der Waals surface area (Å²) in [6.45, 7) is 5.16. The molecule has 6 heteroatoms. The number of carbonyl (C=O) groups is 1. The van der Waals surface area contributed by atoms with Crippen LogP contribution in [-0.4, -0.2) is 46.3 Å². The topological polar surface area (TPSA) is 76.2 Å². The van der Waals surface area contributed by atoms with Crippen LogP contribution in [0.15, 0.2) is 6.20 Å². The Kier molecular flexibility index (Phi) is 3.86. The van der Waals surface area contributed by atoms with Gasteiger partial charge >= 0.3 is 0 Å². The molecule has 0 spiro atoms. The van der Waals surface area contributed by atoms with E-state index in [1.807, 2.05) is 6.92 Å². The number of anilines is 1. The van der Waals surface area contributed by atoms with E-state index >= 15 is 0 Å². The van der Waals surface area contributed by atoms with Crippen LogP contribution in [0, 0.1) is 0 Å². The second-order valence-electron chi connectivity index (χ2n) is 4.99. The van der Waals surface area contributed by atoms with Crippen LogP contribution in [-0.2, 0) is 7.05 Å². The van der Waals surface area contributed by atoms with Gasteiger partial charge in [0.1, 0.15) is 0 Å². The molecule has 1 aromatic rings. The Hall–Kier alpha value is -1.56. The minimum atomic E-state index is -0.195. The normalized spacial score (nSPS) is 17.9. The molecule has 0 aliphatic carbocycles. The molecule has 100 valence electrons. The molecule has 0 bridgehead atoms. The second-order valence-corrected chi connectivity index (χ2v) is 4.99. The lowest BCUT2D eigenvalue weighted by molar-refractivity contribution is 0.0927. The monoisotopic (exact) mass is 251 g/mol. The Morgan fingerprint density at radius 2 is 2.22 bits per heavy atom. The highest BCUT2D eigenvalue weighted by Crippen LogP contribution is 2.10. The zero-order chi connectivity index (χ0) is 13.1. The predicted octanol–water partition coefficient (Wildman–Crippen LogP) is 0.216. The highest BCUT2D eigenvalue weighted by molar-refractivity contribution is 5.97. The minimum Gasteiger partial charge on any atom is -0.396 e. The Labute approximate surface area is 107 Å². The summed E-state index contributed by atoms with van der Waals surface area (Å²) in [6, 6.07) is 0.108. The number of amides is 1. The molecular formula is C12H21N5O. The Morgan fingerprint density at radius 1 is 1.56 bits per heavy atom. The van der Waals surface area contributed by atoms with Crippen LogP contribution in [0.25, 0.3) is 0 Å². The lowest BCUT2D eigenvalue weighted by Gasteiger charge is -2.20. The number of aromatic nitrogens is 2. The van der Waals surface area contributed by atoms with Gasteiger partial charge in [-0.15, -0.1) is 0 Å². The maximum absolute atomic E-state index is 12.0. The molecule has 1 fully saturated rings. The van der Waals surface area contributed by atoms with Gasteiger partial charge in [0.2, 0.25) is 0 Å². The van der Waals surface area contributed by atoms with E-state index in [0.717, 1.165) is 19.6 Å². The quantitative estimate of drug-likeness (QED) is 0.802. The molecule has 6 nitrogen and oxygen atoms in total. The van der Waals surface area contributed by atoms with Gasteiger partial charge in [0.05, 0.1) is 5.69 Å². The molecule has 1 aliphatic heterocycles. The number of rotatable bonds is 4. The van der Waals surface area contributed by atoms with Crippen molar-refractivity contribution < 1.29 is 4.79 Å². The summed E-state index contributed by atoms with van der Waals surface area (Å²) in [5, 5.41) is 7.00. The molecule has 2 heterocycles. The molecule has 1 saturated heterocycles. The standard InChI is InChI=1S/C12H21N5O/c1-9(7-17-5-3-4-6-17)14-12(18)11-10(13)8-16(2)15-11/h8-9H,3-7,13H2,1-2H3,(H,14,18). The first-order valence-corrected chi connectivity index (χ1v) is 6.38. The molecule has 2 rings (SSSR count). The van der Waals surface area contributed by atoms with E-state index in [0.29, 0.717) is 11.4 Å². The lowest BCUT2D eigenvalue weighted by Crippen LogP contribution is -2.41. The number of hydrogen-bond acceptors (Lipinski definition) is 4. The van der Waals surface area contributed by atoms with E-state index in [1.165, 1.54) is 12.8 Å². The van der Waals surface area contributed by atoms with Gasteiger partial charge in [-0.3, -0.25) is 9.48 Å². The number of carbonyl (C=O) groups excluding carboxylic acids is 1. The van der Waals surface area contributed by atoms with Crippen molar-refractivity contribution in [3.8, 4) is 0 Å². The Bertz CT molecular complexity index is 422.